The number of rotatable bonds is 5. The summed E-state index contributed by atoms with van der Waals surface area (Å²) in [5.74, 6) is 1.70. The molecule has 1 aromatic carbocycles. The molecule has 4 heteroatoms. The predicted octanol–water partition coefficient (Wildman–Crippen LogP) is 3.68. The van der Waals surface area contributed by atoms with Crippen LogP contribution in [0.3, 0.4) is 0 Å². The molecule has 0 bridgehead atoms. The minimum atomic E-state index is 0.632. The monoisotopic (exact) mass is 295 g/mol. The van der Waals surface area contributed by atoms with Gasteiger partial charge in [0, 0.05) is 43.8 Å². The average Bonchev–Trinajstić information content (AvgIpc) is 3.15. The summed E-state index contributed by atoms with van der Waals surface area (Å²) in [4.78, 5) is 2.28. The van der Waals surface area contributed by atoms with Crippen molar-refractivity contribution in [3.8, 4) is 0 Å². The number of fused-ring (bicyclic) bond motifs is 1. The summed E-state index contributed by atoms with van der Waals surface area (Å²) < 4.78 is 7.57. The van der Waals surface area contributed by atoms with Crippen molar-refractivity contribution >= 4 is 10.9 Å². The van der Waals surface area contributed by atoms with Gasteiger partial charge in [-0.2, -0.15) is 0 Å². The van der Waals surface area contributed by atoms with Crippen LogP contribution in [0.4, 0.5) is 0 Å². The van der Waals surface area contributed by atoms with Crippen LogP contribution in [0, 0.1) is 0 Å². The van der Waals surface area contributed by atoms with Crippen molar-refractivity contribution in [1.29, 1.82) is 0 Å². The summed E-state index contributed by atoms with van der Waals surface area (Å²) in [6, 6.07) is 11.0. The van der Waals surface area contributed by atoms with Crippen LogP contribution < -0.4 is 0 Å². The zero-order valence-electron chi connectivity index (χ0n) is 13.1. The predicted molar refractivity (Wildman–Crippen MR) is 86.6 cm³/mol. The van der Waals surface area contributed by atoms with Crippen LogP contribution in [-0.4, -0.2) is 21.7 Å². The first-order valence-electron chi connectivity index (χ1n) is 7.87. The van der Waals surface area contributed by atoms with E-state index >= 15 is 0 Å². The molecule has 0 unspecified atom stereocenters. The minimum absolute atomic E-state index is 0.632. The molecule has 0 saturated heterocycles. The van der Waals surface area contributed by atoms with Crippen molar-refractivity contribution in [3.63, 3.8) is 0 Å². The van der Waals surface area contributed by atoms with E-state index < -0.39 is 0 Å². The highest BCUT2D eigenvalue weighted by Gasteiger charge is 2.27. The normalized spacial score (nSPS) is 15.0. The molecule has 0 aliphatic heterocycles. The van der Waals surface area contributed by atoms with Gasteiger partial charge in [-0.25, -0.2) is 0 Å². The number of nitrogens with zero attached hydrogens (tertiary/aromatic N) is 3. The standard InChI is InChI=1S/C18H21N3O/c1-20(12-16-10-18(22-19-16)14-4-5-14)11-13-3-6-17-15(9-13)7-8-21(17)2/h3,6-10,14H,4-5,11-12H2,1-2H3. The van der Waals surface area contributed by atoms with Gasteiger partial charge in [0.15, 0.2) is 0 Å². The Morgan fingerprint density at radius 1 is 1.23 bits per heavy atom. The van der Waals surface area contributed by atoms with E-state index in [1.165, 1.54) is 29.3 Å². The fourth-order valence-corrected chi connectivity index (χ4v) is 3.04. The van der Waals surface area contributed by atoms with E-state index in [-0.39, 0.29) is 0 Å². The molecule has 2 heterocycles. The molecule has 0 spiro atoms. The van der Waals surface area contributed by atoms with E-state index in [2.05, 4.69) is 65.2 Å². The number of aromatic nitrogens is 2. The third-order valence-corrected chi connectivity index (χ3v) is 4.39. The van der Waals surface area contributed by atoms with Gasteiger partial charge < -0.3 is 9.09 Å². The molecular weight excluding hydrogens is 274 g/mol. The van der Waals surface area contributed by atoms with E-state index in [0.717, 1.165) is 24.5 Å². The molecule has 4 rings (SSSR count). The molecule has 3 aromatic rings. The molecule has 0 radical (unpaired) electrons. The van der Waals surface area contributed by atoms with Gasteiger partial charge in [0.05, 0.1) is 5.69 Å². The smallest absolute Gasteiger partial charge is 0.140 e. The summed E-state index contributed by atoms with van der Waals surface area (Å²) in [6.07, 6.45) is 4.61. The molecule has 0 N–H and O–H groups in total. The van der Waals surface area contributed by atoms with Crippen molar-refractivity contribution in [2.45, 2.75) is 31.8 Å². The van der Waals surface area contributed by atoms with Crippen LogP contribution in [0.1, 0.15) is 35.8 Å². The zero-order valence-corrected chi connectivity index (χ0v) is 13.1. The summed E-state index contributed by atoms with van der Waals surface area (Å²) in [6.45, 7) is 1.74. The fraction of sp³-hybridized carbons (Fsp3) is 0.389. The lowest BCUT2D eigenvalue weighted by Gasteiger charge is -2.15. The number of hydrogen-bond acceptors (Lipinski definition) is 3. The number of aryl methyl sites for hydroxylation is 1. The Morgan fingerprint density at radius 3 is 2.91 bits per heavy atom. The van der Waals surface area contributed by atoms with Gasteiger partial charge in [0.25, 0.3) is 0 Å². The average molecular weight is 295 g/mol. The molecule has 1 aliphatic rings. The highest BCUT2D eigenvalue weighted by atomic mass is 16.5. The van der Waals surface area contributed by atoms with Crippen LogP contribution in [0.25, 0.3) is 10.9 Å². The molecule has 114 valence electrons. The quantitative estimate of drug-likeness (QED) is 0.720. The second-order valence-corrected chi connectivity index (χ2v) is 6.49. The van der Waals surface area contributed by atoms with Gasteiger partial charge in [0.1, 0.15) is 5.76 Å². The Bertz CT molecular complexity index is 798. The van der Waals surface area contributed by atoms with E-state index in [4.69, 9.17) is 4.52 Å². The van der Waals surface area contributed by atoms with E-state index in [1.807, 2.05) is 0 Å². The van der Waals surface area contributed by atoms with Gasteiger partial charge in [-0.05, 0) is 49.0 Å². The third-order valence-electron chi connectivity index (χ3n) is 4.39. The van der Waals surface area contributed by atoms with E-state index in [0.29, 0.717) is 5.92 Å². The van der Waals surface area contributed by atoms with Crippen LogP contribution in [-0.2, 0) is 20.1 Å². The maximum Gasteiger partial charge on any atom is 0.140 e. The largest absolute Gasteiger partial charge is 0.361 e. The molecule has 0 amide bonds. The summed E-state index contributed by atoms with van der Waals surface area (Å²) in [5, 5.41) is 5.49. The molecule has 0 atom stereocenters. The SMILES string of the molecule is CN(Cc1ccc2c(ccn2C)c1)Cc1cc(C2CC2)on1. The molecule has 22 heavy (non-hydrogen) atoms. The zero-order chi connectivity index (χ0) is 15.1. The third kappa shape index (κ3) is 2.66. The first-order valence-corrected chi connectivity index (χ1v) is 7.87. The van der Waals surface area contributed by atoms with Crippen molar-refractivity contribution in [2.24, 2.45) is 7.05 Å². The number of benzene rings is 1. The second-order valence-electron chi connectivity index (χ2n) is 6.49. The van der Waals surface area contributed by atoms with Crippen LogP contribution >= 0.6 is 0 Å². The number of hydrogen-bond donors (Lipinski definition) is 0. The first kappa shape index (κ1) is 13.6. The Kier molecular flexibility index (Phi) is 3.26. The highest BCUT2D eigenvalue weighted by molar-refractivity contribution is 5.80. The first-order chi connectivity index (χ1) is 10.7. The van der Waals surface area contributed by atoms with Gasteiger partial charge in [-0.1, -0.05) is 11.2 Å². The topological polar surface area (TPSA) is 34.2 Å². The minimum Gasteiger partial charge on any atom is -0.361 e. The summed E-state index contributed by atoms with van der Waals surface area (Å²) in [5.41, 5.74) is 3.63. The van der Waals surface area contributed by atoms with Gasteiger partial charge >= 0.3 is 0 Å². The Balaban J connectivity index is 1.43. The lowest BCUT2D eigenvalue weighted by atomic mass is 10.1. The van der Waals surface area contributed by atoms with Gasteiger partial charge in [0.2, 0.25) is 0 Å². The van der Waals surface area contributed by atoms with Crippen molar-refractivity contribution in [1.82, 2.24) is 14.6 Å². The summed E-state index contributed by atoms with van der Waals surface area (Å²) >= 11 is 0. The van der Waals surface area contributed by atoms with Crippen LogP contribution in [0.15, 0.2) is 41.1 Å². The van der Waals surface area contributed by atoms with Gasteiger partial charge in [-0.3, -0.25) is 4.90 Å². The van der Waals surface area contributed by atoms with Gasteiger partial charge in [-0.15, -0.1) is 0 Å². The van der Waals surface area contributed by atoms with E-state index in [1.54, 1.807) is 0 Å². The van der Waals surface area contributed by atoms with E-state index in [9.17, 15) is 0 Å². The Hall–Kier alpha value is -2.07. The Labute approximate surface area is 130 Å². The van der Waals surface area contributed by atoms with Crippen molar-refractivity contribution < 1.29 is 4.52 Å². The molecule has 1 aliphatic carbocycles. The summed E-state index contributed by atoms with van der Waals surface area (Å²) in [7, 11) is 4.21. The van der Waals surface area contributed by atoms with Crippen LogP contribution in [0.5, 0.6) is 0 Å². The lowest BCUT2D eigenvalue weighted by molar-refractivity contribution is 0.301. The lowest BCUT2D eigenvalue weighted by Crippen LogP contribution is -2.17. The second kappa shape index (κ2) is 5.29. The molecule has 4 nitrogen and oxygen atoms in total. The highest BCUT2D eigenvalue weighted by Crippen LogP contribution is 2.40. The molecule has 2 aromatic heterocycles. The fourth-order valence-electron chi connectivity index (χ4n) is 3.04. The molecule has 1 fully saturated rings. The Morgan fingerprint density at radius 2 is 2.09 bits per heavy atom. The molecular formula is C18H21N3O. The van der Waals surface area contributed by atoms with Crippen molar-refractivity contribution in [3.05, 3.63) is 53.5 Å². The van der Waals surface area contributed by atoms with Crippen molar-refractivity contribution in [2.75, 3.05) is 7.05 Å². The maximum absolute atomic E-state index is 5.42. The molecule has 1 saturated carbocycles. The van der Waals surface area contributed by atoms with Crippen LogP contribution in [0.2, 0.25) is 0 Å². The maximum atomic E-state index is 5.42.